The molecule has 5 nitrogen and oxygen atoms in total. The molecule has 2 aromatic rings. The van der Waals surface area contributed by atoms with Crippen molar-refractivity contribution < 1.29 is 5.11 Å². The van der Waals surface area contributed by atoms with Crippen molar-refractivity contribution in [3.05, 3.63) is 23.9 Å². The van der Waals surface area contributed by atoms with Crippen molar-refractivity contribution in [3.8, 4) is 0 Å². The molecule has 1 saturated carbocycles. The zero-order valence-corrected chi connectivity index (χ0v) is 12.1. The molecule has 108 valence electrons. The smallest absolute Gasteiger partial charge is 0.243 e. The van der Waals surface area contributed by atoms with E-state index in [2.05, 4.69) is 22.3 Å². The Morgan fingerprint density at radius 2 is 2.40 bits per heavy atom. The Bertz CT molecular complexity index is 609. The molecule has 20 heavy (non-hydrogen) atoms. The van der Waals surface area contributed by atoms with E-state index in [1.165, 1.54) is 6.42 Å². The van der Waals surface area contributed by atoms with Crippen molar-refractivity contribution in [3.63, 3.8) is 0 Å². The predicted molar refractivity (Wildman–Crippen MR) is 78.8 cm³/mol. The Hall–Kier alpha value is -1.62. The molecule has 2 aromatic heterocycles. The van der Waals surface area contributed by atoms with Crippen molar-refractivity contribution >= 4 is 11.6 Å². The summed E-state index contributed by atoms with van der Waals surface area (Å²) in [5, 5.41) is 18.2. The van der Waals surface area contributed by atoms with Crippen LogP contribution in [0.15, 0.2) is 18.3 Å². The summed E-state index contributed by atoms with van der Waals surface area (Å²) in [6.07, 6.45) is 5.91. The molecule has 0 bridgehead atoms. The third kappa shape index (κ3) is 2.63. The van der Waals surface area contributed by atoms with Crippen LogP contribution >= 0.6 is 0 Å². The van der Waals surface area contributed by atoms with Crippen LogP contribution in [-0.4, -0.2) is 31.9 Å². The summed E-state index contributed by atoms with van der Waals surface area (Å²) in [6, 6.07) is 3.97. The number of rotatable bonds is 3. The third-order valence-electron chi connectivity index (χ3n) is 4.20. The zero-order chi connectivity index (χ0) is 14.2. The number of nitrogens with zero attached hydrogens (tertiary/aromatic N) is 3. The summed E-state index contributed by atoms with van der Waals surface area (Å²) in [4.78, 5) is 4.48. The number of fused-ring (bicyclic) bond motifs is 1. The second-order valence-electron chi connectivity index (χ2n) is 6.17. The molecular weight excluding hydrogens is 252 g/mol. The van der Waals surface area contributed by atoms with E-state index in [9.17, 15) is 5.11 Å². The SMILES string of the molecule is Cc1cccn2nc(NCC3(O)CCCC(C)C3)nc12. The maximum absolute atomic E-state index is 10.6. The minimum atomic E-state index is -0.621. The molecule has 0 spiro atoms. The van der Waals surface area contributed by atoms with Gasteiger partial charge in [0.25, 0.3) is 0 Å². The largest absolute Gasteiger partial charge is 0.388 e. The van der Waals surface area contributed by atoms with E-state index in [-0.39, 0.29) is 0 Å². The van der Waals surface area contributed by atoms with Gasteiger partial charge in [0.1, 0.15) is 0 Å². The molecule has 1 aliphatic rings. The van der Waals surface area contributed by atoms with Gasteiger partial charge in [-0.1, -0.05) is 25.8 Å². The van der Waals surface area contributed by atoms with Crippen molar-refractivity contribution in [1.29, 1.82) is 0 Å². The Morgan fingerprint density at radius 1 is 1.55 bits per heavy atom. The normalized spacial score (nSPS) is 26.9. The van der Waals surface area contributed by atoms with Gasteiger partial charge >= 0.3 is 0 Å². The predicted octanol–water partition coefficient (Wildman–Crippen LogP) is 2.39. The molecule has 2 atom stereocenters. The highest BCUT2D eigenvalue weighted by molar-refractivity contribution is 5.49. The van der Waals surface area contributed by atoms with Gasteiger partial charge in [-0.05, 0) is 37.3 Å². The Balaban J connectivity index is 1.72. The van der Waals surface area contributed by atoms with Crippen LogP contribution in [0.1, 0.15) is 38.2 Å². The van der Waals surface area contributed by atoms with Crippen LogP contribution in [0.2, 0.25) is 0 Å². The first kappa shape index (κ1) is 13.4. The Morgan fingerprint density at radius 3 is 3.15 bits per heavy atom. The van der Waals surface area contributed by atoms with Crippen LogP contribution in [0.4, 0.5) is 5.95 Å². The number of pyridine rings is 1. The molecule has 0 aliphatic heterocycles. The van der Waals surface area contributed by atoms with Crippen molar-refractivity contribution in [2.24, 2.45) is 5.92 Å². The second-order valence-corrected chi connectivity index (χ2v) is 6.17. The van der Waals surface area contributed by atoms with Gasteiger partial charge in [-0.2, -0.15) is 4.98 Å². The summed E-state index contributed by atoms with van der Waals surface area (Å²) >= 11 is 0. The lowest BCUT2D eigenvalue weighted by molar-refractivity contribution is -0.000891. The molecule has 2 unspecified atom stereocenters. The van der Waals surface area contributed by atoms with E-state index in [1.54, 1.807) is 4.52 Å². The van der Waals surface area contributed by atoms with Crippen LogP contribution in [-0.2, 0) is 0 Å². The number of nitrogens with one attached hydrogen (secondary N) is 1. The number of aliphatic hydroxyl groups is 1. The third-order valence-corrected chi connectivity index (χ3v) is 4.20. The van der Waals surface area contributed by atoms with E-state index in [1.807, 2.05) is 25.3 Å². The number of hydrogen-bond acceptors (Lipinski definition) is 4. The van der Waals surface area contributed by atoms with Crippen molar-refractivity contribution in [2.75, 3.05) is 11.9 Å². The average molecular weight is 274 g/mol. The summed E-state index contributed by atoms with van der Waals surface area (Å²) < 4.78 is 1.77. The van der Waals surface area contributed by atoms with Gasteiger partial charge in [0.2, 0.25) is 5.95 Å². The monoisotopic (exact) mass is 274 g/mol. The Kier molecular flexibility index (Phi) is 3.38. The molecule has 0 radical (unpaired) electrons. The van der Waals surface area contributed by atoms with Crippen molar-refractivity contribution in [1.82, 2.24) is 14.6 Å². The fourth-order valence-corrected chi connectivity index (χ4v) is 3.15. The van der Waals surface area contributed by atoms with Gasteiger partial charge in [0, 0.05) is 12.7 Å². The molecule has 0 amide bonds. The summed E-state index contributed by atoms with van der Waals surface area (Å²) in [5.74, 6) is 1.18. The summed E-state index contributed by atoms with van der Waals surface area (Å²) in [5.41, 5.74) is 1.33. The first-order chi connectivity index (χ1) is 9.56. The van der Waals surface area contributed by atoms with E-state index in [0.717, 1.165) is 30.5 Å². The van der Waals surface area contributed by atoms with Gasteiger partial charge in [-0.3, -0.25) is 0 Å². The zero-order valence-electron chi connectivity index (χ0n) is 12.1. The number of aromatic nitrogens is 3. The first-order valence-corrected chi connectivity index (χ1v) is 7.34. The van der Waals surface area contributed by atoms with E-state index < -0.39 is 5.60 Å². The number of anilines is 1. The van der Waals surface area contributed by atoms with Crippen LogP contribution in [0.5, 0.6) is 0 Å². The molecule has 5 heteroatoms. The number of aryl methyl sites for hydroxylation is 1. The van der Waals surface area contributed by atoms with Crippen LogP contribution < -0.4 is 5.32 Å². The molecule has 0 aromatic carbocycles. The molecule has 1 aliphatic carbocycles. The maximum Gasteiger partial charge on any atom is 0.243 e. The highest BCUT2D eigenvalue weighted by atomic mass is 16.3. The van der Waals surface area contributed by atoms with Crippen LogP contribution in [0.25, 0.3) is 5.65 Å². The highest BCUT2D eigenvalue weighted by Crippen LogP contribution is 2.32. The quantitative estimate of drug-likeness (QED) is 0.902. The lowest BCUT2D eigenvalue weighted by Gasteiger charge is -2.35. The van der Waals surface area contributed by atoms with Crippen molar-refractivity contribution in [2.45, 2.75) is 45.1 Å². The van der Waals surface area contributed by atoms with E-state index in [4.69, 9.17) is 0 Å². The molecule has 1 fully saturated rings. The van der Waals surface area contributed by atoms with Crippen LogP contribution in [0, 0.1) is 12.8 Å². The average Bonchev–Trinajstić information content (AvgIpc) is 2.81. The molecule has 2 N–H and O–H groups in total. The standard InChI is InChI=1S/C15H22N4O/c1-11-5-3-7-15(20,9-11)10-16-14-17-13-12(2)6-4-8-19(13)18-14/h4,6,8,11,20H,3,5,7,9-10H2,1-2H3,(H,16,18). The lowest BCUT2D eigenvalue weighted by Crippen LogP contribution is -2.41. The summed E-state index contributed by atoms with van der Waals surface area (Å²) in [6.45, 7) is 4.74. The summed E-state index contributed by atoms with van der Waals surface area (Å²) in [7, 11) is 0. The fraction of sp³-hybridized carbons (Fsp3) is 0.600. The maximum atomic E-state index is 10.6. The van der Waals surface area contributed by atoms with E-state index in [0.29, 0.717) is 18.4 Å². The highest BCUT2D eigenvalue weighted by Gasteiger charge is 2.32. The molecular formula is C15H22N4O. The van der Waals surface area contributed by atoms with Gasteiger partial charge in [-0.25, -0.2) is 4.52 Å². The van der Waals surface area contributed by atoms with Crippen LogP contribution in [0.3, 0.4) is 0 Å². The number of hydrogen-bond donors (Lipinski definition) is 2. The van der Waals surface area contributed by atoms with E-state index >= 15 is 0 Å². The fourth-order valence-electron chi connectivity index (χ4n) is 3.15. The van der Waals surface area contributed by atoms with Gasteiger partial charge in [0.15, 0.2) is 5.65 Å². The molecule has 2 heterocycles. The van der Waals surface area contributed by atoms with Gasteiger partial charge in [-0.15, -0.1) is 5.10 Å². The molecule has 3 rings (SSSR count). The molecule has 0 saturated heterocycles. The van der Waals surface area contributed by atoms with Gasteiger partial charge < -0.3 is 10.4 Å². The minimum absolute atomic E-state index is 0.521. The minimum Gasteiger partial charge on any atom is -0.388 e. The first-order valence-electron chi connectivity index (χ1n) is 7.34. The lowest BCUT2D eigenvalue weighted by atomic mass is 9.79. The second kappa shape index (κ2) is 5.05. The topological polar surface area (TPSA) is 62.5 Å². The van der Waals surface area contributed by atoms with Gasteiger partial charge in [0.05, 0.1) is 5.60 Å². The Labute approximate surface area is 119 Å².